The lowest BCUT2D eigenvalue weighted by Crippen LogP contribution is -2.35. The van der Waals surface area contributed by atoms with Crippen LogP contribution in [-0.2, 0) is 18.6 Å². The highest BCUT2D eigenvalue weighted by Gasteiger charge is 2.30. The molecule has 0 aliphatic carbocycles. The zero-order valence-electron chi connectivity index (χ0n) is 22.3. The quantitative estimate of drug-likeness (QED) is 0.389. The minimum absolute atomic E-state index is 0.0864. The Labute approximate surface area is 216 Å². The van der Waals surface area contributed by atoms with Gasteiger partial charge in [0.1, 0.15) is 0 Å². The van der Waals surface area contributed by atoms with E-state index in [0.717, 1.165) is 45.8 Å². The maximum atomic E-state index is 13.2. The number of hydrogen-bond acceptors (Lipinski definition) is 7. The van der Waals surface area contributed by atoms with Crippen molar-refractivity contribution in [2.45, 2.75) is 72.6 Å². The number of benzene rings is 2. The molecule has 4 aromatic rings. The molecule has 0 fully saturated rings. The number of nitrogens with one attached hydrogen (secondary N) is 1. The molecule has 0 saturated heterocycles. The van der Waals surface area contributed by atoms with Crippen molar-refractivity contribution in [1.29, 1.82) is 0 Å². The third-order valence-corrected chi connectivity index (χ3v) is 6.99. The van der Waals surface area contributed by atoms with E-state index in [2.05, 4.69) is 73.0 Å². The maximum Gasteiger partial charge on any atom is 0.252 e. The maximum absolute atomic E-state index is 13.2. The van der Waals surface area contributed by atoms with Gasteiger partial charge in [-0.15, -0.1) is 5.10 Å². The van der Waals surface area contributed by atoms with Gasteiger partial charge in [-0.25, -0.2) is 4.68 Å². The molecule has 37 heavy (non-hydrogen) atoms. The molecule has 2 aromatic carbocycles. The first kappa shape index (κ1) is 25.0. The van der Waals surface area contributed by atoms with Gasteiger partial charge in [0, 0.05) is 24.2 Å². The lowest BCUT2D eigenvalue weighted by Gasteiger charge is -2.32. The number of fused-ring (bicyclic) bond motifs is 2. The van der Waals surface area contributed by atoms with Gasteiger partial charge in [-0.2, -0.15) is 0 Å². The molecule has 0 radical (unpaired) electrons. The summed E-state index contributed by atoms with van der Waals surface area (Å²) >= 11 is 0. The van der Waals surface area contributed by atoms with Gasteiger partial charge in [0.2, 0.25) is 6.79 Å². The summed E-state index contributed by atoms with van der Waals surface area (Å²) in [6.07, 6.45) is 0.769. The van der Waals surface area contributed by atoms with Gasteiger partial charge in [0.05, 0.1) is 11.6 Å². The number of nitrogens with zero attached hydrogens (tertiary/aromatic N) is 5. The van der Waals surface area contributed by atoms with Gasteiger partial charge < -0.3 is 14.5 Å². The predicted molar refractivity (Wildman–Crippen MR) is 142 cm³/mol. The molecule has 9 nitrogen and oxygen atoms in total. The van der Waals surface area contributed by atoms with Crippen molar-refractivity contribution in [1.82, 2.24) is 30.1 Å². The highest BCUT2D eigenvalue weighted by atomic mass is 16.7. The van der Waals surface area contributed by atoms with Crippen LogP contribution in [0.25, 0.3) is 10.9 Å². The average molecular weight is 503 g/mol. The Morgan fingerprint density at radius 2 is 1.81 bits per heavy atom. The van der Waals surface area contributed by atoms with Gasteiger partial charge >= 0.3 is 0 Å². The number of tetrazole rings is 1. The van der Waals surface area contributed by atoms with Gasteiger partial charge in [0.25, 0.3) is 5.56 Å². The summed E-state index contributed by atoms with van der Waals surface area (Å²) in [7, 11) is 0. The molecule has 0 unspecified atom stereocenters. The molecular weight excluding hydrogens is 468 g/mol. The van der Waals surface area contributed by atoms with E-state index in [-0.39, 0.29) is 23.9 Å². The minimum atomic E-state index is -0.285. The van der Waals surface area contributed by atoms with E-state index in [9.17, 15) is 4.79 Å². The van der Waals surface area contributed by atoms with Crippen LogP contribution in [0.15, 0.2) is 41.2 Å². The Morgan fingerprint density at radius 3 is 2.57 bits per heavy atom. The molecule has 3 heterocycles. The van der Waals surface area contributed by atoms with Crippen molar-refractivity contribution in [3.63, 3.8) is 0 Å². The molecule has 0 amide bonds. The number of aromatic amines is 1. The van der Waals surface area contributed by atoms with Crippen molar-refractivity contribution in [3.05, 3.63) is 74.8 Å². The van der Waals surface area contributed by atoms with Crippen LogP contribution in [0.3, 0.4) is 0 Å². The Morgan fingerprint density at radius 1 is 1.05 bits per heavy atom. The molecule has 1 aliphatic rings. The number of aromatic nitrogens is 5. The third kappa shape index (κ3) is 4.96. The van der Waals surface area contributed by atoms with Crippen molar-refractivity contribution in [3.8, 4) is 11.5 Å². The Bertz CT molecular complexity index is 1500. The van der Waals surface area contributed by atoms with E-state index in [1.807, 2.05) is 35.0 Å². The zero-order chi connectivity index (χ0) is 26.3. The Kier molecular flexibility index (Phi) is 6.49. The zero-order valence-corrected chi connectivity index (χ0v) is 22.3. The molecule has 1 atom stereocenters. The van der Waals surface area contributed by atoms with Crippen LogP contribution >= 0.6 is 0 Å². The second-order valence-electron chi connectivity index (χ2n) is 10.8. The summed E-state index contributed by atoms with van der Waals surface area (Å²) in [5.74, 6) is 2.26. The first-order valence-electron chi connectivity index (χ1n) is 12.7. The summed E-state index contributed by atoms with van der Waals surface area (Å²) in [5, 5.41) is 13.8. The molecular formula is C28H34N6O3. The minimum Gasteiger partial charge on any atom is -0.454 e. The second-order valence-corrected chi connectivity index (χ2v) is 10.8. The first-order chi connectivity index (χ1) is 17.6. The topological polar surface area (TPSA) is 98.2 Å². The smallest absolute Gasteiger partial charge is 0.252 e. The van der Waals surface area contributed by atoms with Crippen molar-refractivity contribution >= 4 is 10.9 Å². The number of aryl methyl sites for hydroxylation is 2. The summed E-state index contributed by atoms with van der Waals surface area (Å²) in [6.45, 7) is 13.8. The van der Waals surface area contributed by atoms with Crippen molar-refractivity contribution in [2.24, 2.45) is 0 Å². The Hall–Kier alpha value is -3.72. The lowest BCUT2D eigenvalue weighted by molar-refractivity contribution is 0.153. The van der Waals surface area contributed by atoms with Crippen molar-refractivity contribution < 1.29 is 9.47 Å². The van der Waals surface area contributed by atoms with E-state index in [1.54, 1.807) is 0 Å². The number of rotatable bonds is 7. The molecule has 5 rings (SSSR count). The fraction of sp³-hybridized carbons (Fsp3) is 0.429. The summed E-state index contributed by atoms with van der Waals surface area (Å²) in [6, 6.07) is 12.0. The molecule has 9 heteroatoms. The largest absolute Gasteiger partial charge is 0.454 e. The van der Waals surface area contributed by atoms with Crippen LogP contribution in [0.2, 0.25) is 0 Å². The summed E-state index contributed by atoms with van der Waals surface area (Å²) in [5.41, 5.74) is 4.58. The Balaban J connectivity index is 1.57. The van der Waals surface area contributed by atoms with E-state index in [0.29, 0.717) is 18.7 Å². The normalized spacial score (nSPS) is 14.0. The van der Waals surface area contributed by atoms with Crippen LogP contribution in [0.4, 0.5) is 0 Å². The predicted octanol–water partition coefficient (Wildman–Crippen LogP) is 4.77. The van der Waals surface area contributed by atoms with Gasteiger partial charge in [-0.05, 0) is 104 Å². The van der Waals surface area contributed by atoms with E-state index in [4.69, 9.17) is 9.47 Å². The number of H-pyrrole nitrogens is 1. The highest BCUT2D eigenvalue weighted by Crippen LogP contribution is 2.35. The number of hydrogen-bond donors (Lipinski definition) is 1. The van der Waals surface area contributed by atoms with Crippen LogP contribution in [-0.4, -0.2) is 36.9 Å². The highest BCUT2D eigenvalue weighted by molar-refractivity contribution is 5.80. The van der Waals surface area contributed by atoms with E-state index in [1.165, 1.54) is 5.56 Å². The van der Waals surface area contributed by atoms with E-state index >= 15 is 0 Å². The first-order valence-corrected chi connectivity index (χ1v) is 12.7. The molecule has 2 aromatic heterocycles. The molecule has 1 aliphatic heterocycles. The average Bonchev–Trinajstić information content (AvgIpc) is 3.51. The third-order valence-electron chi connectivity index (χ3n) is 6.99. The summed E-state index contributed by atoms with van der Waals surface area (Å²) < 4.78 is 13.0. The molecule has 0 spiro atoms. The van der Waals surface area contributed by atoms with Crippen molar-refractivity contribution in [2.75, 3.05) is 6.79 Å². The second kappa shape index (κ2) is 9.63. The van der Waals surface area contributed by atoms with E-state index < -0.39 is 0 Å². The van der Waals surface area contributed by atoms with Crippen LogP contribution in [0, 0.1) is 13.8 Å². The SMILES string of the molecule is CC[C@H](c1nnnn1C(C)(C)C)N(Cc1ccc2c(c1)OCO2)Cc1cc2cc(C)c(C)cc2[nH]c1=O. The monoisotopic (exact) mass is 502 g/mol. The molecule has 1 N–H and O–H groups in total. The number of ether oxygens (including phenoxy) is 2. The summed E-state index contributed by atoms with van der Waals surface area (Å²) in [4.78, 5) is 18.6. The fourth-order valence-electron chi connectivity index (χ4n) is 4.89. The standard InChI is InChI=1S/C28H34N6O3/c1-7-23(26-30-31-32-34(26)28(4,5)6)33(14-19-8-9-24-25(12-19)37-16-36-24)15-21-13-20-10-17(2)18(3)11-22(20)29-27(21)35/h8-13,23H,7,14-16H2,1-6H3,(H,29,35)/t23-/m1/s1. The molecule has 0 saturated carbocycles. The van der Waals surface area contributed by atoms with Gasteiger partial charge in [-0.1, -0.05) is 13.0 Å². The molecule has 0 bridgehead atoms. The van der Waals surface area contributed by atoms with Gasteiger partial charge in [-0.3, -0.25) is 9.69 Å². The molecule has 194 valence electrons. The number of pyridine rings is 1. The van der Waals surface area contributed by atoms with Gasteiger partial charge in [0.15, 0.2) is 17.3 Å². The van der Waals surface area contributed by atoms with Crippen LogP contribution < -0.4 is 15.0 Å². The fourth-order valence-corrected chi connectivity index (χ4v) is 4.89. The van der Waals surface area contributed by atoms with Crippen LogP contribution in [0.5, 0.6) is 11.5 Å². The van der Waals surface area contributed by atoms with Crippen LogP contribution in [0.1, 0.15) is 68.2 Å². The lowest BCUT2D eigenvalue weighted by atomic mass is 10.0.